The van der Waals surface area contributed by atoms with Crippen LogP contribution >= 0.6 is 11.6 Å². The van der Waals surface area contributed by atoms with Crippen molar-refractivity contribution < 1.29 is 13.2 Å². The van der Waals surface area contributed by atoms with Crippen LogP contribution in [0.3, 0.4) is 0 Å². The predicted molar refractivity (Wildman–Crippen MR) is 117 cm³/mol. The van der Waals surface area contributed by atoms with Crippen molar-refractivity contribution in [2.24, 2.45) is 11.8 Å². The minimum Gasteiger partial charge on any atom is -0.377 e. The van der Waals surface area contributed by atoms with E-state index >= 15 is 0 Å². The van der Waals surface area contributed by atoms with Crippen LogP contribution in [0.1, 0.15) is 36.2 Å². The lowest BCUT2D eigenvalue weighted by Gasteiger charge is -2.34. The first kappa shape index (κ1) is 21.8. The summed E-state index contributed by atoms with van der Waals surface area (Å²) >= 11 is 6.02. The Morgan fingerprint density at radius 2 is 1.83 bits per heavy atom. The molecule has 0 bridgehead atoms. The summed E-state index contributed by atoms with van der Waals surface area (Å²) in [5, 5.41) is 3.68. The maximum atomic E-state index is 13.1. The van der Waals surface area contributed by atoms with Crippen molar-refractivity contribution in [3.05, 3.63) is 58.6 Å². The molecule has 1 fully saturated rings. The van der Waals surface area contributed by atoms with Crippen molar-refractivity contribution in [3.63, 3.8) is 0 Å². The zero-order chi connectivity index (χ0) is 21.2. The van der Waals surface area contributed by atoms with Gasteiger partial charge in [0, 0.05) is 29.4 Å². The molecule has 1 aliphatic rings. The second kappa shape index (κ2) is 8.86. The fourth-order valence-electron chi connectivity index (χ4n) is 3.84. The van der Waals surface area contributed by atoms with Gasteiger partial charge in [-0.2, -0.15) is 4.31 Å². The quantitative estimate of drug-likeness (QED) is 0.674. The molecule has 0 aromatic heterocycles. The second-order valence-corrected chi connectivity index (χ2v) is 10.4. The summed E-state index contributed by atoms with van der Waals surface area (Å²) in [4.78, 5) is 12.8. The summed E-state index contributed by atoms with van der Waals surface area (Å²) in [6.45, 7) is 7.16. The minimum atomic E-state index is -3.62. The average molecular weight is 435 g/mol. The van der Waals surface area contributed by atoms with Gasteiger partial charge >= 0.3 is 0 Å². The molecular weight excluding hydrogens is 408 g/mol. The van der Waals surface area contributed by atoms with E-state index in [2.05, 4.69) is 19.2 Å². The lowest BCUT2D eigenvalue weighted by Crippen LogP contribution is -2.42. The third kappa shape index (κ3) is 5.18. The molecule has 7 heteroatoms. The van der Waals surface area contributed by atoms with Gasteiger partial charge in [0.2, 0.25) is 10.0 Å². The topological polar surface area (TPSA) is 66.5 Å². The molecule has 0 amide bonds. The van der Waals surface area contributed by atoms with E-state index in [4.69, 9.17) is 11.6 Å². The van der Waals surface area contributed by atoms with Crippen LogP contribution < -0.4 is 5.32 Å². The molecule has 1 N–H and O–H groups in total. The van der Waals surface area contributed by atoms with Gasteiger partial charge in [-0.1, -0.05) is 43.6 Å². The molecule has 2 aromatic rings. The van der Waals surface area contributed by atoms with E-state index in [-0.39, 0.29) is 17.2 Å². The first-order valence-corrected chi connectivity index (χ1v) is 11.6. The summed E-state index contributed by atoms with van der Waals surface area (Å²) in [6, 6.07) is 11.8. The molecule has 3 rings (SSSR count). The van der Waals surface area contributed by atoms with Crippen molar-refractivity contribution in [2.75, 3.05) is 25.0 Å². The number of ketones is 1. The lowest BCUT2D eigenvalue weighted by molar-refractivity contribution is 0.101. The number of piperidine rings is 1. The van der Waals surface area contributed by atoms with E-state index in [1.807, 2.05) is 13.0 Å². The van der Waals surface area contributed by atoms with Gasteiger partial charge in [-0.15, -0.1) is 0 Å². The Bertz CT molecular complexity index is 997. The fraction of sp³-hybridized carbons (Fsp3) is 0.409. The van der Waals surface area contributed by atoms with Gasteiger partial charge < -0.3 is 5.32 Å². The van der Waals surface area contributed by atoms with E-state index in [1.54, 1.807) is 34.6 Å². The normalized spacial score (nSPS) is 20.4. The van der Waals surface area contributed by atoms with Crippen molar-refractivity contribution in [2.45, 2.75) is 32.1 Å². The van der Waals surface area contributed by atoms with Gasteiger partial charge in [0.05, 0.1) is 11.4 Å². The Morgan fingerprint density at radius 1 is 1.14 bits per heavy atom. The number of anilines is 1. The van der Waals surface area contributed by atoms with Crippen LogP contribution in [0.4, 0.5) is 5.69 Å². The average Bonchev–Trinajstić information content (AvgIpc) is 2.67. The van der Waals surface area contributed by atoms with Crippen molar-refractivity contribution in [1.82, 2.24) is 4.31 Å². The SMILES string of the molecule is Cc1ccc(Cl)cc1NCC(=O)c1cccc(S(=O)(=O)N2CC(C)CC(C)C2)c1. The number of hydrogen-bond acceptors (Lipinski definition) is 4. The minimum absolute atomic E-state index is 0.0580. The molecule has 5 nitrogen and oxygen atoms in total. The first-order valence-electron chi connectivity index (χ1n) is 9.80. The molecule has 0 spiro atoms. The van der Waals surface area contributed by atoms with Gasteiger partial charge in [-0.3, -0.25) is 4.79 Å². The number of benzene rings is 2. The second-order valence-electron chi connectivity index (χ2n) is 8.03. The zero-order valence-electron chi connectivity index (χ0n) is 17.0. The van der Waals surface area contributed by atoms with E-state index in [9.17, 15) is 13.2 Å². The Morgan fingerprint density at radius 3 is 2.52 bits per heavy atom. The Hall–Kier alpha value is -1.89. The standard InChI is InChI=1S/C22H27ClN2O3S/c1-15-9-16(2)14-25(13-15)29(27,28)20-6-4-5-18(10-20)22(26)12-24-21-11-19(23)8-7-17(21)3/h4-8,10-11,15-16,24H,9,12-14H2,1-3H3. The zero-order valence-corrected chi connectivity index (χ0v) is 18.6. The highest BCUT2D eigenvalue weighted by molar-refractivity contribution is 7.89. The molecule has 1 aliphatic heterocycles. The van der Waals surface area contributed by atoms with Crippen molar-refractivity contribution >= 4 is 33.1 Å². The third-order valence-electron chi connectivity index (χ3n) is 5.27. The number of sulfonamides is 1. The van der Waals surface area contributed by atoms with Gasteiger partial charge in [0.25, 0.3) is 0 Å². The molecule has 2 unspecified atom stereocenters. The van der Waals surface area contributed by atoms with Gasteiger partial charge in [0.15, 0.2) is 5.78 Å². The van der Waals surface area contributed by atoms with Gasteiger partial charge in [0.1, 0.15) is 0 Å². The van der Waals surface area contributed by atoms with Crippen LogP contribution in [0.15, 0.2) is 47.4 Å². The van der Waals surface area contributed by atoms with Crippen LogP contribution in [0.5, 0.6) is 0 Å². The van der Waals surface area contributed by atoms with Crippen LogP contribution in [-0.2, 0) is 10.0 Å². The van der Waals surface area contributed by atoms with E-state index in [1.165, 1.54) is 6.07 Å². The highest BCUT2D eigenvalue weighted by atomic mass is 35.5. The van der Waals surface area contributed by atoms with Crippen LogP contribution in [0.2, 0.25) is 5.02 Å². The molecule has 1 heterocycles. The Balaban J connectivity index is 1.76. The van der Waals surface area contributed by atoms with Crippen molar-refractivity contribution in [3.8, 4) is 0 Å². The number of carbonyl (C=O) groups is 1. The molecule has 0 saturated carbocycles. The highest BCUT2D eigenvalue weighted by Gasteiger charge is 2.31. The Labute approximate surface area is 178 Å². The van der Waals surface area contributed by atoms with E-state index < -0.39 is 10.0 Å². The van der Waals surface area contributed by atoms with Crippen LogP contribution in [0, 0.1) is 18.8 Å². The molecule has 29 heavy (non-hydrogen) atoms. The fourth-order valence-corrected chi connectivity index (χ4v) is 5.74. The molecule has 2 atom stereocenters. The molecule has 156 valence electrons. The Kier molecular flexibility index (Phi) is 6.66. The number of nitrogens with zero attached hydrogens (tertiary/aromatic N) is 1. The van der Waals surface area contributed by atoms with Crippen LogP contribution in [-0.4, -0.2) is 38.1 Å². The van der Waals surface area contributed by atoms with Crippen molar-refractivity contribution in [1.29, 1.82) is 0 Å². The molecule has 2 aromatic carbocycles. The number of rotatable bonds is 6. The summed E-state index contributed by atoms with van der Waals surface area (Å²) in [7, 11) is -3.62. The molecule has 0 radical (unpaired) electrons. The predicted octanol–water partition coefficient (Wildman–Crippen LogP) is 4.61. The van der Waals surface area contributed by atoms with E-state index in [0.29, 0.717) is 35.5 Å². The molecule has 0 aliphatic carbocycles. The summed E-state index contributed by atoms with van der Waals surface area (Å²) < 4.78 is 27.7. The summed E-state index contributed by atoms with van der Waals surface area (Å²) in [5.41, 5.74) is 2.13. The number of carbonyl (C=O) groups excluding carboxylic acids is 1. The lowest BCUT2D eigenvalue weighted by atomic mass is 9.94. The number of Topliss-reactive ketones (excluding diaryl/α,β-unsaturated/α-hetero) is 1. The first-order chi connectivity index (χ1) is 13.7. The number of aryl methyl sites for hydroxylation is 1. The highest BCUT2D eigenvalue weighted by Crippen LogP contribution is 2.27. The molecule has 1 saturated heterocycles. The summed E-state index contributed by atoms with van der Waals surface area (Å²) in [5.74, 6) is 0.466. The van der Waals surface area contributed by atoms with E-state index in [0.717, 1.165) is 17.7 Å². The summed E-state index contributed by atoms with van der Waals surface area (Å²) in [6.07, 6.45) is 1.03. The third-order valence-corrected chi connectivity index (χ3v) is 7.33. The van der Waals surface area contributed by atoms with Crippen LogP contribution in [0.25, 0.3) is 0 Å². The molecular formula is C22H27ClN2O3S. The van der Waals surface area contributed by atoms with Gasteiger partial charge in [-0.05, 0) is 55.0 Å². The maximum Gasteiger partial charge on any atom is 0.243 e. The number of hydrogen-bond donors (Lipinski definition) is 1. The largest absolute Gasteiger partial charge is 0.377 e. The maximum absolute atomic E-state index is 13.1. The number of halogens is 1. The number of nitrogens with one attached hydrogen (secondary N) is 1. The van der Waals surface area contributed by atoms with Gasteiger partial charge in [-0.25, -0.2) is 8.42 Å². The smallest absolute Gasteiger partial charge is 0.243 e. The monoisotopic (exact) mass is 434 g/mol.